The van der Waals surface area contributed by atoms with Crippen LogP contribution >= 0.6 is 0 Å². The maximum Gasteiger partial charge on any atom is 0.295 e. The molecule has 0 spiro atoms. The molecule has 8 rings (SSSR count). The van der Waals surface area contributed by atoms with E-state index < -0.39 is 263 Å². The molecule has 0 aliphatic rings. The lowest BCUT2D eigenvalue weighted by Crippen LogP contribution is -2.37. The van der Waals surface area contributed by atoms with E-state index in [1.807, 2.05) is 0 Å². The maximum atomic E-state index is 14.2. The van der Waals surface area contributed by atoms with Crippen LogP contribution in [0, 0.1) is 71.0 Å². The van der Waals surface area contributed by atoms with Gasteiger partial charge in [-0.25, -0.2) is 63.6 Å². The zero-order valence-electron chi connectivity index (χ0n) is 65.0. The number of aromatic amines is 6. The second-order valence-corrected chi connectivity index (χ2v) is 37.3. The van der Waals surface area contributed by atoms with Crippen molar-refractivity contribution in [2.24, 2.45) is 30.0 Å². The molecule has 0 aliphatic heterocycles. The first-order valence-electron chi connectivity index (χ1n) is 35.8. The number of sulfonamides is 4. The predicted octanol–water partition coefficient (Wildman–Crippen LogP) is 5.81. The monoisotopic (exact) mass is 1810 g/mol. The minimum Gasteiger partial charge on any atom is -0.497 e. The number of aryl methyl sites for hydroxylation is 4. The fourth-order valence-corrected chi connectivity index (χ4v) is 18.6. The van der Waals surface area contributed by atoms with E-state index >= 15 is 0 Å². The van der Waals surface area contributed by atoms with E-state index in [0.29, 0.717) is 22.3 Å². The largest absolute Gasteiger partial charge is 0.497 e. The Morgan fingerprint density at radius 1 is 0.279 bits per heavy atom. The second-order valence-electron chi connectivity index (χ2n) is 26.8. The number of nitrogens with one attached hydrogen (secondary N) is 14. The van der Waals surface area contributed by atoms with Gasteiger partial charge in [0, 0.05) is 115 Å². The molecule has 122 heavy (non-hydrogen) atoms. The Hall–Kier alpha value is -12.6. The molecule has 52 heteroatoms. The molecule has 0 saturated carbocycles. The van der Waals surface area contributed by atoms with E-state index in [4.69, 9.17) is 43.3 Å². The van der Waals surface area contributed by atoms with Crippen LogP contribution in [0.2, 0.25) is 0 Å². The average Bonchev–Trinajstić information content (AvgIpc) is 0.764. The molecule has 0 aliphatic carbocycles. The minimum atomic E-state index is -5.52. The number of benzene rings is 6. The van der Waals surface area contributed by atoms with E-state index in [2.05, 4.69) is 59.9 Å². The Labute approximate surface area is 695 Å². The third kappa shape index (κ3) is 25.7. The summed E-state index contributed by atoms with van der Waals surface area (Å²) in [6.07, 6.45) is -3.63. The Morgan fingerprint density at radius 3 is 0.631 bits per heavy atom. The normalized spacial score (nSPS) is 13.0. The van der Waals surface area contributed by atoms with Gasteiger partial charge in [0.2, 0.25) is 73.8 Å². The molecule has 0 fully saturated rings. The number of hydrogen-bond acceptors (Lipinski definition) is 26. The highest BCUT2D eigenvalue weighted by Gasteiger charge is 2.32. The molecule has 0 saturated heterocycles. The van der Waals surface area contributed by atoms with Gasteiger partial charge in [0.15, 0.2) is 47.2 Å². The highest BCUT2D eigenvalue weighted by Crippen LogP contribution is 2.38. The molecule has 6 aromatic carbocycles. The summed E-state index contributed by atoms with van der Waals surface area (Å²) in [4.78, 5) is 40.6. The molecule has 46 nitrogen and oxygen atoms in total. The Kier molecular flexibility index (Phi) is 30.9. The predicted molar refractivity (Wildman–Crippen MR) is 441 cm³/mol. The number of H-pyrrole nitrogens is 6. The van der Waals surface area contributed by atoms with E-state index in [1.165, 1.54) is 76.2 Å². The highest BCUT2D eigenvalue weighted by molar-refractivity contribution is 7.90. The van der Waals surface area contributed by atoms with Crippen molar-refractivity contribution in [3.8, 4) is 11.1 Å². The van der Waals surface area contributed by atoms with Crippen molar-refractivity contribution in [1.29, 1.82) is 43.3 Å². The molecule has 2 heterocycles. The summed E-state index contributed by atoms with van der Waals surface area (Å²) in [6, 6.07) is 20.5. The average molecular weight is 1810 g/mol. The molecule has 0 bridgehead atoms. The van der Waals surface area contributed by atoms with Crippen LogP contribution in [0.4, 0.5) is 34.1 Å². The second kappa shape index (κ2) is 39.7. The van der Waals surface area contributed by atoms with Crippen molar-refractivity contribution in [3.63, 3.8) is 0 Å². The van der Waals surface area contributed by atoms with Gasteiger partial charge in [-0.1, -0.05) is 36.4 Å². The topological polar surface area (TPSA) is 780 Å². The SMILES string of the molecule is Cc1ccc(S(=O)(=O)N(CCC(=N)O)CCC(=N)O)cc1N=c1[nH]c(=Nc2ccc(-c3ccc(N=c4[nH]c(=Nc5cc(S(=O)(=O)N(CCC(=N)O)CCC(=N)O)ccc5C)[nH]c(=Nc5cc(S(=O)(=O)N(CCC(=N)O)CCC(=N)O)ccc5C)[nH]4)cc3S(=O)(=O)O)c(S(=O)(=O)O)c2)[nH]c(=Nc2cc(S(=O)(=O)N(CCC(=N)O)CCC(=N)O)ccc2C)[nH]1. The van der Waals surface area contributed by atoms with Gasteiger partial charge < -0.3 is 40.9 Å². The molecule has 654 valence electrons. The van der Waals surface area contributed by atoms with Crippen LogP contribution in [0.1, 0.15) is 73.6 Å². The van der Waals surface area contributed by atoms with Crippen LogP contribution in [0.25, 0.3) is 11.1 Å². The van der Waals surface area contributed by atoms with Crippen molar-refractivity contribution >= 4 is 142 Å². The van der Waals surface area contributed by atoms with Crippen LogP contribution in [0.3, 0.4) is 0 Å². The minimum absolute atomic E-state index is 0.0854. The van der Waals surface area contributed by atoms with Crippen LogP contribution in [0.5, 0.6) is 0 Å². The van der Waals surface area contributed by atoms with Gasteiger partial charge in [-0.3, -0.25) is 82.3 Å². The Bertz CT molecular complexity index is 5940. The first-order valence-corrected chi connectivity index (χ1v) is 44.5. The zero-order chi connectivity index (χ0) is 90.3. The summed E-state index contributed by atoms with van der Waals surface area (Å²) in [5.74, 6) is -6.93. The third-order valence-electron chi connectivity index (χ3n) is 17.7. The van der Waals surface area contributed by atoms with Crippen molar-refractivity contribution in [2.45, 2.75) is 108 Å². The molecule has 24 N–H and O–H groups in total. The summed E-state index contributed by atoms with van der Waals surface area (Å²) in [5.41, 5.74) is -3.25. The molecule has 2 aromatic heterocycles. The fraction of sp³-hybridized carbons (Fsp3) is 0.286. The third-order valence-corrected chi connectivity index (χ3v) is 27.0. The maximum absolute atomic E-state index is 14.2. The number of aromatic nitrogens is 6. The van der Waals surface area contributed by atoms with E-state index in [-0.39, 0.29) is 56.6 Å². The van der Waals surface area contributed by atoms with Gasteiger partial charge >= 0.3 is 0 Å². The van der Waals surface area contributed by atoms with Gasteiger partial charge in [-0.05, 0) is 123 Å². The standard InChI is InChI=1S/C70H86N24O22S6/c1-39-5-11-45(117(103,104)91(25-17-57(71)95)26-18-58(72)96)35-51(39)81-67-85-65(86-68(89-67)82-52-36-46(12-6-40(52)2)118(105,106)92(27-19-59(73)97)28-20-60(74)98)79-43-9-15-49(55(33-43)121(111,112)113)50-16-10-44(34-56(50)122(114,115)116)80-66-87-69(83-53-37-47(13-7-41(53)3)119(107,108)93(29-21-61(75)99)30-22-62(76)100)90-70(88-66)84-54-38-48(14-8-42(54)4)120(109,110)94(31-23-63(77)101)32-24-64(78)102/h5-16,33-38H,17-32H2,1-4H3,(H2,71,95)(H2,72,96)(H2,73,97)(H2,74,98)(H2,75,99)(H2,76,100)(H2,77,101)(H2,78,102)(H,111,112,113)(H,114,115,116)(H3,79,81,82,85,86,89)(H3,80,83,84,87,88,90). The number of hydrogen-bond donors (Lipinski definition) is 24. The van der Waals surface area contributed by atoms with Crippen LogP contribution in [-0.4, -0.2) is 247 Å². The van der Waals surface area contributed by atoms with E-state index in [9.17, 15) is 100 Å². The molecular formula is C70H86N24O22S6. The molecule has 8 aromatic rings. The van der Waals surface area contributed by atoms with Crippen molar-refractivity contribution in [3.05, 3.63) is 165 Å². The molecule has 0 atom stereocenters. The van der Waals surface area contributed by atoms with Gasteiger partial charge in [-0.15, -0.1) is 0 Å². The summed E-state index contributed by atoms with van der Waals surface area (Å²) < 4.78 is 194. The lowest BCUT2D eigenvalue weighted by molar-refractivity contribution is 0.403. The van der Waals surface area contributed by atoms with Crippen LogP contribution in [0.15, 0.2) is 169 Å². The van der Waals surface area contributed by atoms with Crippen molar-refractivity contribution < 1.29 is 100 Å². The lowest BCUT2D eigenvalue weighted by atomic mass is 10.0. The Balaban J connectivity index is 1.35. The van der Waals surface area contributed by atoms with E-state index in [0.717, 1.165) is 77.9 Å². The van der Waals surface area contributed by atoms with E-state index in [1.54, 1.807) is 0 Å². The first-order chi connectivity index (χ1) is 56.9. The number of aliphatic hydroxyl groups excluding tert-OH is 8. The molecular weight excluding hydrogens is 1720 g/mol. The van der Waals surface area contributed by atoms with Gasteiger partial charge in [0.05, 0.1) is 53.7 Å². The quantitative estimate of drug-likeness (QED) is 0.0122. The lowest BCUT2D eigenvalue weighted by Gasteiger charge is -2.22. The van der Waals surface area contributed by atoms with Crippen molar-refractivity contribution in [1.82, 2.24) is 47.1 Å². The number of rotatable bonds is 41. The summed E-state index contributed by atoms with van der Waals surface area (Å²) in [5, 5.41) is 138. The van der Waals surface area contributed by atoms with Gasteiger partial charge in [0.1, 0.15) is 9.79 Å². The summed E-state index contributed by atoms with van der Waals surface area (Å²) in [7, 11) is -29.3. The highest BCUT2D eigenvalue weighted by atomic mass is 32.2. The zero-order valence-corrected chi connectivity index (χ0v) is 69.9. The molecule has 0 unspecified atom stereocenters. The smallest absolute Gasteiger partial charge is 0.295 e. The number of nitrogens with zero attached hydrogens (tertiary/aromatic N) is 10. The summed E-state index contributed by atoms with van der Waals surface area (Å²) >= 11 is 0. The van der Waals surface area contributed by atoms with Crippen LogP contribution in [-0.2, 0) is 60.3 Å². The van der Waals surface area contributed by atoms with Gasteiger partial charge in [0.25, 0.3) is 20.2 Å². The first kappa shape index (κ1) is 94.8. The number of aliphatic hydroxyl groups is 8. The Morgan fingerprint density at radius 2 is 0.459 bits per heavy atom. The van der Waals surface area contributed by atoms with Crippen LogP contribution < -0.4 is 33.7 Å². The molecule has 0 radical (unpaired) electrons. The molecule has 0 amide bonds. The van der Waals surface area contributed by atoms with Crippen molar-refractivity contribution in [2.75, 3.05) is 52.4 Å². The fourth-order valence-electron chi connectivity index (χ4n) is 11.3. The summed E-state index contributed by atoms with van der Waals surface area (Å²) in [6.45, 7) is 2.43. The van der Waals surface area contributed by atoms with Gasteiger partial charge in [-0.2, -0.15) is 34.1 Å².